The van der Waals surface area contributed by atoms with E-state index >= 15 is 0 Å². The fourth-order valence-electron chi connectivity index (χ4n) is 1.43. The molecule has 1 radical (unpaired) electrons. The van der Waals surface area contributed by atoms with Crippen LogP contribution in [0.4, 0.5) is 0 Å². The summed E-state index contributed by atoms with van der Waals surface area (Å²) in [5.41, 5.74) is 1.36. The van der Waals surface area contributed by atoms with Crippen molar-refractivity contribution in [3.8, 4) is 0 Å². The van der Waals surface area contributed by atoms with Gasteiger partial charge in [-0.3, -0.25) is 0 Å². The lowest BCUT2D eigenvalue weighted by atomic mass is 10.2. The maximum Gasteiger partial charge on any atom is 0.0316 e. The fourth-order valence-corrected chi connectivity index (χ4v) is 2.40. The Morgan fingerprint density at radius 2 is 1.73 bits per heavy atom. The molecule has 1 unspecified atom stereocenters. The lowest BCUT2D eigenvalue weighted by molar-refractivity contribution is 1.09. The Morgan fingerprint density at radius 3 is 2.40 bits per heavy atom. The molecule has 2 rings (SSSR count). The zero-order chi connectivity index (χ0) is 10.5. The van der Waals surface area contributed by atoms with Crippen LogP contribution < -0.4 is 0 Å². The molecule has 0 aliphatic carbocycles. The highest BCUT2D eigenvalue weighted by Gasteiger charge is 2.05. The lowest BCUT2D eigenvalue weighted by Gasteiger charge is -2.10. The standard InChI is InChI=1S/C14H13S/c1-12(13-8-4-2-5-9-13)15-14-10-6-3-7-11-14/h2-10,12H,1H3. The quantitative estimate of drug-likeness (QED) is 0.683. The molecule has 0 nitrogen and oxygen atoms in total. The first-order chi connectivity index (χ1) is 7.36. The van der Waals surface area contributed by atoms with Crippen molar-refractivity contribution in [2.24, 2.45) is 0 Å². The number of benzene rings is 2. The molecule has 2 aromatic carbocycles. The Hall–Kier alpha value is -1.21. The molecule has 0 heterocycles. The summed E-state index contributed by atoms with van der Waals surface area (Å²) in [6, 6.07) is 21.9. The van der Waals surface area contributed by atoms with Gasteiger partial charge in [-0.1, -0.05) is 48.5 Å². The summed E-state index contributed by atoms with van der Waals surface area (Å²) < 4.78 is 0. The van der Waals surface area contributed by atoms with Crippen molar-refractivity contribution in [3.05, 3.63) is 66.2 Å². The highest BCUT2D eigenvalue weighted by molar-refractivity contribution is 7.99. The van der Waals surface area contributed by atoms with Crippen LogP contribution in [0.1, 0.15) is 17.7 Å². The van der Waals surface area contributed by atoms with E-state index in [4.69, 9.17) is 0 Å². The van der Waals surface area contributed by atoms with Crippen LogP contribution in [0, 0.1) is 6.07 Å². The van der Waals surface area contributed by atoms with Crippen LogP contribution in [0.5, 0.6) is 0 Å². The van der Waals surface area contributed by atoms with Crippen LogP contribution in [0.3, 0.4) is 0 Å². The molecule has 1 heteroatoms. The van der Waals surface area contributed by atoms with Crippen molar-refractivity contribution in [1.82, 2.24) is 0 Å². The van der Waals surface area contributed by atoms with Gasteiger partial charge in [0.25, 0.3) is 0 Å². The van der Waals surface area contributed by atoms with Gasteiger partial charge in [0, 0.05) is 10.1 Å². The molecular weight excluding hydrogens is 200 g/mol. The second-order valence-corrected chi connectivity index (χ2v) is 4.78. The van der Waals surface area contributed by atoms with E-state index in [-0.39, 0.29) is 0 Å². The largest absolute Gasteiger partial charge is 0.118 e. The van der Waals surface area contributed by atoms with Crippen molar-refractivity contribution >= 4 is 11.8 Å². The molecule has 75 valence electrons. The van der Waals surface area contributed by atoms with Gasteiger partial charge in [0.15, 0.2) is 0 Å². The van der Waals surface area contributed by atoms with Crippen molar-refractivity contribution in [2.75, 3.05) is 0 Å². The van der Waals surface area contributed by atoms with Gasteiger partial charge >= 0.3 is 0 Å². The van der Waals surface area contributed by atoms with Crippen molar-refractivity contribution < 1.29 is 0 Å². The number of hydrogen-bond acceptors (Lipinski definition) is 1. The molecule has 0 N–H and O–H groups in total. The first-order valence-electron chi connectivity index (χ1n) is 5.04. The Balaban J connectivity index is 2.08. The Labute approximate surface area is 95.3 Å². The van der Waals surface area contributed by atoms with Crippen LogP contribution in [0.2, 0.25) is 0 Å². The second-order valence-electron chi connectivity index (χ2n) is 3.40. The third-order valence-corrected chi connectivity index (χ3v) is 3.39. The Bertz CT molecular complexity index is 394. The van der Waals surface area contributed by atoms with Gasteiger partial charge in [0.2, 0.25) is 0 Å². The molecule has 1 atom stereocenters. The third-order valence-electron chi connectivity index (χ3n) is 2.25. The maximum atomic E-state index is 3.23. The smallest absolute Gasteiger partial charge is 0.0316 e. The summed E-state index contributed by atoms with van der Waals surface area (Å²) in [6.07, 6.45) is 0. The molecular formula is C14H13S. The van der Waals surface area contributed by atoms with E-state index in [1.54, 1.807) is 0 Å². The lowest BCUT2D eigenvalue weighted by Crippen LogP contribution is -1.86. The molecule has 0 fully saturated rings. The van der Waals surface area contributed by atoms with Crippen molar-refractivity contribution in [3.63, 3.8) is 0 Å². The van der Waals surface area contributed by atoms with Crippen LogP contribution >= 0.6 is 11.8 Å². The second kappa shape index (κ2) is 5.04. The molecule has 0 saturated carbocycles. The Kier molecular flexibility index (Phi) is 3.46. The van der Waals surface area contributed by atoms with Crippen LogP contribution in [-0.4, -0.2) is 0 Å². The molecule has 0 amide bonds. The maximum absolute atomic E-state index is 3.23. The van der Waals surface area contributed by atoms with Gasteiger partial charge in [-0.2, -0.15) is 0 Å². The molecule has 0 aliphatic rings. The molecule has 0 bridgehead atoms. The van der Waals surface area contributed by atoms with Crippen LogP contribution in [-0.2, 0) is 0 Å². The highest BCUT2D eigenvalue weighted by Crippen LogP contribution is 2.33. The van der Waals surface area contributed by atoms with E-state index in [0.29, 0.717) is 5.25 Å². The van der Waals surface area contributed by atoms with E-state index in [2.05, 4.69) is 55.5 Å². The van der Waals surface area contributed by atoms with E-state index in [1.807, 2.05) is 23.9 Å². The SMILES string of the molecule is CC(Sc1[c]cccc1)c1ccccc1. The number of rotatable bonds is 3. The molecule has 0 saturated heterocycles. The monoisotopic (exact) mass is 213 g/mol. The Morgan fingerprint density at radius 1 is 1.00 bits per heavy atom. The van der Waals surface area contributed by atoms with Crippen molar-refractivity contribution in [2.45, 2.75) is 17.1 Å². The first-order valence-corrected chi connectivity index (χ1v) is 5.92. The van der Waals surface area contributed by atoms with Gasteiger partial charge in [-0.15, -0.1) is 11.8 Å². The summed E-state index contributed by atoms with van der Waals surface area (Å²) in [6.45, 7) is 2.22. The van der Waals surface area contributed by atoms with Crippen LogP contribution in [0.15, 0.2) is 59.5 Å². The van der Waals surface area contributed by atoms with Gasteiger partial charge < -0.3 is 0 Å². The predicted octanol–water partition coefficient (Wildman–Crippen LogP) is 4.34. The minimum Gasteiger partial charge on any atom is -0.118 e. The minimum absolute atomic E-state index is 0.477. The molecule has 2 aromatic rings. The third kappa shape index (κ3) is 2.87. The zero-order valence-electron chi connectivity index (χ0n) is 8.68. The van der Waals surface area contributed by atoms with Gasteiger partial charge in [0.1, 0.15) is 0 Å². The van der Waals surface area contributed by atoms with E-state index in [0.717, 1.165) is 0 Å². The van der Waals surface area contributed by atoms with Crippen molar-refractivity contribution in [1.29, 1.82) is 0 Å². The summed E-state index contributed by atoms with van der Waals surface area (Å²) in [5, 5.41) is 0.477. The zero-order valence-corrected chi connectivity index (χ0v) is 9.50. The molecule has 15 heavy (non-hydrogen) atoms. The minimum atomic E-state index is 0.477. The van der Waals surface area contributed by atoms with Gasteiger partial charge in [-0.25, -0.2) is 0 Å². The first kappa shape index (κ1) is 10.3. The highest BCUT2D eigenvalue weighted by atomic mass is 32.2. The normalized spacial score (nSPS) is 12.3. The summed E-state index contributed by atoms with van der Waals surface area (Å²) in [7, 11) is 0. The van der Waals surface area contributed by atoms with Crippen LogP contribution in [0.25, 0.3) is 0 Å². The average molecular weight is 213 g/mol. The molecule has 0 spiro atoms. The predicted molar refractivity (Wildman–Crippen MR) is 66.0 cm³/mol. The molecule has 0 aromatic heterocycles. The molecule has 0 aliphatic heterocycles. The van der Waals surface area contributed by atoms with E-state index in [1.165, 1.54) is 10.5 Å². The summed E-state index contributed by atoms with van der Waals surface area (Å²) >= 11 is 1.84. The summed E-state index contributed by atoms with van der Waals surface area (Å²) in [4.78, 5) is 1.20. The topological polar surface area (TPSA) is 0 Å². The van der Waals surface area contributed by atoms with E-state index < -0.39 is 0 Å². The van der Waals surface area contributed by atoms with Gasteiger partial charge in [0.05, 0.1) is 0 Å². The number of hydrogen-bond donors (Lipinski definition) is 0. The fraction of sp³-hybridized carbons (Fsp3) is 0.143. The summed E-state index contributed by atoms with van der Waals surface area (Å²) in [5.74, 6) is 0. The average Bonchev–Trinajstić information content (AvgIpc) is 2.31. The van der Waals surface area contributed by atoms with Gasteiger partial charge in [-0.05, 0) is 24.6 Å². The number of thioether (sulfide) groups is 1. The van der Waals surface area contributed by atoms with E-state index in [9.17, 15) is 0 Å².